The van der Waals surface area contributed by atoms with E-state index in [0.29, 0.717) is 0 Å². The van der Waals surface area contributed by atoms with Crippen LogP contribution in [0.5, 0.6) is 0 Å². The Labute approximate surface area is 140 Å². The normalized spacial score (nSPS) is 11.0. The number of rotatable bonds is 5. The molecular weight excluding hydrogens is 300 g/mol. The third kappa shape index (κ3) is 3.66. The molecule has 1 aromatic heterocycles. The van der Waals surface area contributed by atoms with E-state index in [9.17, 15) is 4.79 Å². The van der Waals surface area contributed by atoms with E-state index in [-0.39, 0.29) is 5.78 Å². The van der Waals surface area contributed by atoms with Gasteiger partial charge in [-0.1, -0.05) is 73.7 Å². The van der Waals surface area contributed by atoms with E-state index in [2.05, 4.69) is 19.1 Å². The summed E-state index contributed by atoms with van der Waals surface area (Å²) in [7, 11) is 0. The number of benzene rings is 2. The van der Waals surface area contributed by atoms with Crippen LogP contribution in [0.1, 0.15) is 27.0 Å². The molecule has 0 saturated carbocycles. The standard InChI is InChI=1S/C21H18OS/c1-2-20-18(17-11-7-4-8-12-17)15-21(23-20)19(22)14-13-16-9-5-3-6-10-16/h3-15H,2H2,1H3. The minimum Gasteiger partial charge on any atom is -0.288 e. The van der Waals surface area contributed by atoms with E-state index in [0.717, 1.165) is 16.9 Å². The van der Waals surface area contributed by atoms with Gasteiger partial charge in [0.1, 0.15) is 0 Å². The molecular formula is C21H18OS. The summed E-state index contributed by atoms with van der Waals surface area (Å²) in [4.78, 5) is 14.5. The summed E-state index contributed by atoms with van der Waals surface area (Å²) in [6.45, 7) is 2.13. The average molecular weight is 318 g/mol. The molecule has 0 unspecified atom stereocenters. The lowest BCUT2D eigenvalue weighted by molar-refractivity contribution is 0.105. The SMILES string of the molecule is CCc1sc(C(=O)C=Cc2ccccc2)cc1-c1ccccc1. The van der Waals surface area contributed by atoms with Crippen molar-refractivity contribution in [2.45, 2.75) is 13.3 Å². The molecule has 3 aromatic rings. The number of carbonyl (C=O) groups is 1. The molecule has 0 aliphatic heterocycles. The number of ketones is 1. The highest BCUT2D eigenvalue weighted by molar-refractivity contribution is 7.14. The molecule has 0 amide bonds. The summed E-state index contributed by atoms with van der Waals surface area (Å²) in [5, 5.41) is 0. The fourth-order valence-electron chi connectivity index (χ4n) is 2.49. The van der Waals surface area contributed by atoms with Crippen molar-refractivity contribution >= 4 is 23.2 Å². The van der Waals surface area contributed by atoms with Crippen molar-refractivity contribution < 1.29 is 4.79 Å². The second kappa shape index (κ2) is 7.21. The van der Waals surface area contributed by atoms with Gasteiger partial charge in [-0.05, 0) is 35.3 Å². The third-order valence-electron chi connectivity index (χ3n) is 3.68. The summed E-state index contributed by atoms with van der Waals surface area (Å²) in [5.74, 6) is 0.0655. The minimum atomic E-state index is 0.0655. The Morgan fingerprint density at radius 3 is 2.30 bits per heavy atom. The molecule has 0 aliphatic rings. The number of hydrogen-bond acceptors (Lipinski definition) is 2. The molecule has 0 spiro atoms. The van der Waals surface area contributed by atoms with Gasteiger partial charge in [0.05, 0.1) is 4.88 Å². The Morgan fingerprint density at radius 1 is 1.00 bits per heavy atom. The van der Waals surface area contributed by atoms with Crippen LogP contribution in [0.4, 0.5) is 0 Å². The van der Waals surface area contributed by atoms with E-state index in [1.165, 1.54) is 16.0 Å². The van der Waals surface area contributed by atoms with Crippen molar-refractivity contribution in [2.75, 3.05) is 0 Å². The molecule has 114 valence electrons. The Balaban J connectivity index is 1.87. The zero-order valence-electron chi connectivity index (χ0n) is 13.0. The summed E-state index contributed by atoms with van der Waals surface area (Å²) in [6.07, 6.45) is 4.47. The molecule has 0 bridgehead atoms. The van der Waals surface area contributed by atoms with Crippen LogP contribution in [0.2, 0.25) is 0 Å². The van der Waals surface area contributed by atoms with Gasteiger partial charge in [0, 0.05) is 4.88 Å². The molecule has 23 heavy (non-hydrogen) atoms. The number of carbonyl (C=O) groups excluding carboxylic acids is 1. The third-order valence-corrected chi connectivity index (χ3v) is 4.98. The molecule has 2 aromatic carbocycles. The highest BCUT2D eigenvalue weighted by atomic mass is 32.1. The van der Waals surface area contributed by atoms with Gasteiger partial charge in [0.2, 0.25) is 0 Å². The lowest BCUT2D eigenvalue weighted by Gasteiger charge is -2.00. The van der Waals surface area contributed by atoms with Crippen LogP contribution in [-0.4, -0.2) is 5.78 Å². The van der Waals surface area contributed by atoms with Gasteiger partial charge >= 0.3 is 0 Å². The van der Waals surface area contributed by atoms with E-state index >= 15 is 0 Å². The van der Waals surface area contributed by atoms with E-state index < -0.39 is 0 Å². The molecule has 2 heteroatoms. The second-order valence-corrected chi connectivity index (χ2v) is 6.41. The van der Waals surface area contributed by atoms with E-state index in [1.807, 2.05) is 60.7 Å². The van der Waals surface area contributed by atoms with Crippen molar-refractivity contribution in [3.8, 4) is 11.1 Å². The lowest BCUT2D eigenvalue weighted by Crippen LogP contribution is -1.88. The Hall–Kier alpha value is -2.45. The molecule has 0 saturated heterocycles. The Bertz CT molecular complexity index is 814. The van der Waals surface area contributed by atoms with Crippen LogP contribution in [0.3, 0.4) is 0 Å². The first-order valence-electron chi connectivity index (χ1n) is 7.73. The van der Waals surface area contributed by atoms with Crippen molar-refractivity contribution in [1.29, 1.82) is 0 Å². The van der Waals surface area contributed by atoms with Crippen molar-refractivity contribution in [1.82, 2.24) is 0 Å². The zero-order valence-corrected chi connectivity index (χ0v) is 13.8. The first-order chi connectivity index (χ1) is 11.3. The van der Waals surface area contributed by atoms with Crippen LogP contribution in [0, 0.1) is 0 Å². The maximum atomic E-state index is 12.5. The largest absolute Gasteiger partial charge is 0.288 e. The molecule has 0 N–H and O–H groups in total. The van der Waals surface area contributed by atoms with Gasteiger partial charge in [-0.2, -0.15) is 0 Å². The van der Waals surface area contributed by atoms with Gasteiger partial charge in [-0.3, -0.25) is 4.79 Å². The lowest BCUT2D eigenvalue weighted by atomic mass is 10.0. The highest BCUT2D eigenvalue weighted by Gasteiger charge is 2.13. The predicted molar refractivity (Wildman–Crippen MR) is 98.9 cm³/mol. The maximum absolute atomic E-state index is 12.5. The Kier molecular flexibility index (Phi) is 4.84. The monoisotopic (exact) mass is 318 g/mol. The molecule has 1 heterocycles. The van der Waals surface area contributed by atoms with Gasteiger partial charge < -0.3 is 0 Å². The van der Waals surface area contributed by atoms with Gasteiger partial charge in [0.15, 0.2) is 5.78 Å². The number of aryl methyl sites for hydroxylation is 1. The number of allylic oxidation sites excluding steroid dienone is 1. The van der Waals surface area contributed by atoms with Crippen LogP contribution >= 0.6 is 11.3 Å². The fourth-order valence-corrected chi connectivity index (χ4v) is 3.53. The van der Waals surface area contributed by atoms with Gasteiger partial charge in [-0.25, -0.2) is 0 Å². The molecule has 0 fully saturated rings. The molecule has 0 aliphatic carbocycles. The number of hydrogen-bond donors (Lipinski definition) is 0. The zero-order chi connectivity index (χ0) is 16.1. The first-order valence-corrected chi connectivity index (χ1v) is 8.55. The van der Waals surface area contributed by atoms with Crippen molar-refractivity contribution in [3.05, 3.63) is 88.1 Å². The summed E-state index contributed by atoms with van der Waals surface area (Å²) >= 11 is 1.60. The summed E-state index contributed by atoms with van der Waals surface area (Å²) in [5.41, 5.74) is 3.39. The average Bonchev–Trinajstić information content (AvgIpc) is 3.06. The van der Waals surface area contributed by atoms with Crippen molar-refractivity contribution in [2.24, 2.45) is 0 Å². The quantitative estimate of drug-likeness (QED) is 0.424. The minimum absolute atomic E-state index is 0.0655. The van der Waals surface area contributed by atoms with E-state index in [4.69, 9.17) is 0 Å². The predicted octanol–water partition coefficient (Wildman–Crippen LogP) is 5.87. The van der Waals surface area contributed by atoms with Crippen molar-refractivity contribution in [3.63, 3.8) is 0 Å². The summed E-state index contributed by atoms with van der Waals surface area (Å²) in [6, 6.07) is 22.2. The van der Waals surface area contributed by atoms with Gasteiger partial charge in [-0.15, -0.1) is 11.3 Å². The van der Waals surface area contributed by atoms with Crippen LogP contribution in [-0.2, 0) is 6.42 Å². The molecule has 0 radical (unpaired) electrons. The first kappa shape index (κ1) is 15.4. The molecule has 0 atom stereocenters. The van der Waals surface area contributed by atoms with Crippen LogP contribution < -0.4 is 0 Å². The second-order valence-electron chi connectivity index (χ2n) is 5.28. The molecule has 1 nitrogen and oxygen atoms in total. The van der Waals surface area contributed by atoms with Gasteiger partial charge in [0.25, 0.3) is 0 Å². The molecule has 3 rings (SSSR count). The van der Waals surface area contributed by atoms with E-state index in [1.54, 1.807) is 17.4 Å². The number of thiophene rings is 1. The Morgan fingerprint density at radius 2 is 1.65 bits per heavy atom. The topological polar surface area (TPSA) is 17.1 Å². The smallest absolute Gasteiger partial charge is 0.195 e. The maximum Gasteiger partial charge on any atom is 0.195 e. The van der Waals surface area contributed by atoms with Crippen LogP contribution in [0.25, 0.3) is 17.2 Å². The fraction of sp³-hybridized carbons (Fsp3) is 0.0952. The highest BCUT2D eigenvalue weighted by Crippen LogP contribution is 2.32. The van der Waals surface area contributed by atoms with Crippen LogP contribution in [0.15, 0.2) is 72.8 Å². The summed E-state index contributed by atoms with van der Waals surface area (Å²) < 4.78 is 0.